The van der Waals surface area contributed by atoms with E-state index in [2.05, 4.69) is 0 Å². The van der Waals surface area contributed by atoms with Crippen LogP contribution in [0.1, 0.15) is 6.42 Å². The Morgan fingerprint density at radius 3 is 2.67 bits per heavy atom. The van der Waals surface area contributed by atoms with Gasteiger partial charge in [-0.1, -0.05) is 24.3 Å². The molecule has 0 radical (unpaired) electrons. The van der Waals surface area contributed by atoms with Crippen molar-refractivity contribution in [2.75, 3.05) is 5.88 Å². The van der Waals surface area contributed by atoms with Crippen LogP contribution in [0.2, 0.25) is 0 Å². The van der Waals surface area contributed by atoms with E-state index < -0.39 is 7.12 Å². The molecule has 0 aliphatic heterocycles. The van der Waals surface area contributed by atoms with Crippen LogP contribution in [0.5, 0.6) is 0 Å². The van der Waals surface area contributed by atoms with Crippen LogP contribution in [0.15, 0.2) is 35.3 Å². The number of hydrogen-bond acceptors (Lipinski definition) is 2. The summed E-state index contributed by atoms with van der Waals surface area (Å²) in [6, 6.07) is 0. The van der Waals surface area contributed by atoms with Crippen LogP contribution in [-0.2, 0) is 0 Å². The third-order valence-corrected chi connectivity index (χ3v) is 1.98. The lowest BCUT2D eigenvalue weighted by atomic mass is 9.79. The van der Waals surface area contributed by atoms with Crippen LogP contribution in [-0.4, -0.2) is 23.0 Å². The molecule has 0 heterocycles. The monoisotopic (exact) mass is 184 g/mol. The minimum absolute atomic E-state index is 0.457. The zero-order valence-corrected chi connectivity index (χ0v) is 7.33. The summed E-state index contributed by atoms with van der Waals surface area (Å²) in [4.78, 5) is 0. The summed E-state index contributed by atoms with van der Waals surface area (Å²) in [5.41, 5.74) is 1.52. The van der Waals surface area contributed by atoms with Gasteiger partial charge in [-0.2, -0.15) is 0 Å². The third kappa shape index (κ3) is 2.52. The van der Waals surface area contributed by atoms with E-state index in [9.17, 15) is 0 Å². The predicted octanol–water partition coefficient (Wildman–Crippen LogP) is 1.05. The van der Waals surface area contributed by atoms with E-state index in [1.54, 1.807) is 18.2 Å². The predicted molar refractivity (Wildman–Crippen MR) is 50.8 cm³/mol. The normalized spacial score (nSPS) is 16.6. The molecule has 1 aliphatic rings. The highest BCUT2D eigenvalue weighted by Crippen LogP contribution is 2.11. The Morgan fingerprint density at radius 1 is 1.33 bits per heavy atom. The van der Waals surface area contributed by atoms with E-state index in [1.807, 2.05) is 6.08 Å². The Bertz CT molecular complexity index is 243. The molecule has 1 rings (SSSR count). The summed E-state index contributed by atoms with van der Waals surface area (Å²) < 4.78 is 0. The second-order valence-corrected chi connectivity index (χ2v) is 2.83. The van der Waals surface area contributed by atoms with Gasteiger partial charge in [-0.15, -0.1) is 11.6 Å². The number of halogens is 1. The molecule has 2 nitrogen and oxygen atoms in total. The Hall–Kier alpha value is -0.505. The van der Waals surface area contributed by atoms with Gasteiger partial charge in [0.15, 0.2) is 0 Å². The third-order valence-electron chi connectivity index (χ3n) is 1.68. The molecule has 1 aliphatic carbocycles. The molecule has 0 aromatic heterocycles. The van der Waals surface area contributed by atoms with Crippen LogP contribution in [0.4, 0.5) is 0 Å². The molecule has 4 heteroatoms. The highest BCUT2D eigenvalue weighted by atomic mass is 35.5. The van der Waals surface area contributed by atoms with Gasteiger partial charge in [-0.3, -0.25) is 0 Å². The van der Waals surface area contributed by atoms with Crippen molar-refractivity contribution in [3.8, 4) is 0 Å². The summed E-state index contributed by atoms with van der Waals surface area (Å²) in [5, 5.41) is 17.7. The second kappa shape index (κ2) is 4.50. The Balaban J connectivity index is 2.71. The maximum absolute atomic E-state index is 8.84. The number of allylic oxidation sites excluding steroid dienone is 6. The van der Waals surface area contributed by atoms with Gasteiger partial charge in [0.1, 0.15) is 0 Å². The topological polar surface area (TPSA) is 40.5 Å². The van der Waals surface area contributed by atoms with Crippen molar-refractivity contribution in [3.63, 3.8) is 0 Å². The van der Waals surface area contributed by atoms with Crippen molar-refractivity contribution in [3.05, 3.63) is 35.3 Å². The molecule has 64 valence electrons. The average molecular weight is 184 g/mol. The minimum Gasteiger partial charge on any atom is -0.423 e. The van der Waals surface area contributed by atoms with Crippen molar-refractivity contribution >= 4 is 18.7 Å². The Labute approximate surface area is 77.0 Å². The first-order valence-electron chi connectivity index (χ1n) is 3.73. The summed E-state index contributed by atoms with van der Waals surface area (Å²) in [6.45, 7) is 0. The standard InChI is InChI=1S/C8H10BClO2/c10-6-7-2-1-3-8(5-4-7)9(11)12/h2-5,11-12H,1,6H2. The molecule has 0 amide bonds. The first-order valence-corrected chi connectivity index (χ1v) is 4.26. The lowest BCUT2D eigenvalue weighted by molar-refractivity contribution is 0.420. The van der Waals surface area contributed by atoms with E-state index in [1.165, 1.54) is 0 Å². The quantitative estimate of drug-likeness (QED) is 0.497. The molecule has 0 unspecified atom stereocenters. The Morgan fingerprint density at radius 2 is 2.08 bits per heavy atom. The minimum atomic E-state index is -1.38. The molecule has 0 atom stereocenters. The second-order valence-electron chi connectivity index (χ2n) is 2.56. The van der Waals surface area contributed by atoms with Crippen LogP contribution >= 0.6 is 11.6 Å². The molecular weight excluding hydrogens is 174 g/mol. The van der Waals surface area contributed by atoms with E-state index in [-0.39, 0.29) is 0 Å². The highest BCUT2D eigenvalue weighted by Gasteiger charge is 2.11. The maximum Gasteiger partial charge on any atom is 0.488 e. The fraction of sp³-hybridized carbons (Fsp3) is 0.250. The van der Waals surface area contributed by atoms with Gasteiger partial charge in [-0.05, 0) is 17.5 Å². The zero-order chi connectivity index (χ0) is 8.97. The van der Waals surface area contributed by atoms with Gasteiger partial charge < -0.3 is 10.0 Å². The number of rotatable bonds is 2. The van der Waals surface area contributed by atoms with Crippen LogP contribution < -0.4 is 0 Å². The molecular formula is C8H10BClO2. The van der Waals surface area contributed by atoms with Crippen molar-refractivity contribution in [1.82, 2.24) is 0 Å². The maximum atomic E-state index is 8.84. The van der Waals surface area contributed by atoms with Gasteiger partial charge in [0.05, 0.1) is 0 Å². The van der Waals surface area contributed by atoms with Gasteiger partial charge in [-0.25, -0.2) is 0 Å². The number of alkyl halides is 1. The van der Waals surface area contributed by atoms with Gasteiger partial charge in [0.2, 0.25) is 0 Å². The first-order chi connectivity index (χ1) is 5.74. The van der Waals surface area contributed by atoms with Crippen LogP contribution in [0.3, 0.4) is 0 Å². The summed E-state index contributed by atoms with van der Waals surface area (Å²) in [6.07, 6.45) is 7.89. The van der Waals surface area contributed by atoms with Crippen molar-refractivity contribution in [1.29, 1.82) is 0 Å². The van der Waals surface area contributed by atoms with E-state index in [0.717, 1.165) is 5.57 Å². The van der Waals surface area contributed by atoms with Crippen molar-refractivity contribution < 1.29 is 10.0 Å². The Kier molecular flexibility index (Phi) is 3.60. The van der Waals surface area contributed by atoms with Crippen LogP contribution in [0.25, 0.3) is 0 Å². The molecule has 2 N–H and O–H groups in total. The fourth-order valence-corrected chi connectivity index (χ4v) is 1.17. The van der Waals surface area contributed by atoms with E-state index >= 15 is 0 Å². The largest absolute Gasteiger partial charge is 0.488 e. The molecule has 0 bridgehead atoms. The summed E-state index contributed by atoms with van der Waals surface area (Å²) >= 11 is 5.61. The van der Waals surface area contributed by atoms with Gasteiger partial charge >= 0.3 is 7.12 Å². The van der Waals surface area contributed by atoms with Crippen molar-refractivity contribution in [2.45, 2.75) is 6.42 Å². The lowest BCUT2D eigenvalue weighted by Gasteiger charge is -1.96. The molecule has 0 aromatic carbocycles. The molecule has 0 saturated carbocycles. The first kappa shape index (κ1) is 9.58. The lowest BCUT2D eigenvalue weighted by Crippen LogP contribution is -2.13. The van der Waals surface area contributed by atoms with Crippen LogP contribution in [0, 0.1) is 0 Å². The SMILES string of the molecule is OB(O)C1=CCC=C(CCl)C=C1. The molecule has 0 saturated heterocycles. The van der Waals surface area contributed by atoms with Gasteiger partial charge in [0, 0.05) is 5.88 Å². The van der Waals surface area contributed by atoms with Crippen molar-refractivity contribution in [2.24, 2.45) is 0 Å². The average Bonchev–Trinajstić information content (AvgIpc) is 2.28. The zero-order valence-electron chi connectivity index (χ0n) is 6.57. The summed E-state index contributed by atoms with van der Waals surface area (Å²) in [5.74, 6) is 0.457. The summed E-state index contributed by atoms with van der Waals surface area (Å²) in [7, 11) is -1.38. The molecule has 0 aromatic rings. The fourth-order valence-electron chi connectivity index (χ4n) is 0.976. The molecule has 0 spiro atoms. The van der Waals surface area contributed by atoms with E-state index in [0.29, 0.717) is 17.8 Å². The highest BCUT2D eigenvalue weighted by molar-refractivity contribution is 6.51. The molecule has 12 heavy (non-hydrogen) atoms. The molecule has 0 fully saturated rings. The number of hydrogen-bond donors (Lipinski definition) is 2. The van der Waals surface area contributed by atoms with E-state index in [4.69, 9.17) is 21.6 Å². The van der Waals surface area contributed by atoms with Gasteiger partial charge in [0.25, 0.3) is 0 Å². The smallest absolute Gasteiger partial charge is 0.423 e.